The second-order valence-corrected chi connectivity index (χ2v) is 6.21. The van der Waals surface area contributed by atoms with Crippen molar-refractivity contribution >= 4 is 40.0 Å². The van der Waals surface area contributed by atoms with Crippen LogP contribution in [-0.4, -0.2) is 18.5 Å². The van der Waals surface area contributed by atoms with Crippen molar-refractivity contribution in [1.82, 2.24) is 10.9 Å². The van der Waals surface area contributed by atoms with Gasteiger partial charge in [-0.3, -0.25) is 0 Å². The smallest absolute Gasteiger partial charge is 0.245 e. The van der Waals surface area contributed by atoms with Crippen LogP contribution >= 0.6 is 0 Å². The Morgan fingerprint density at radius 3 is 1.54 bits per heavy atom. The Balaban J connectivity index is 1.39. The summed E-state index contributed by atoms with van der Waals surface area (Å²) in [5, 5.41) is 12.4. The molecule has 0 aliphatic heterocycles. The Hall–Kier alpha value is -3.99. The second-order valence-electron chi connectivity index (χ2n) is 6.21. The number of rotatable bonds is 4. The fraction of sp³-hybridized carbons (Fsp3) is 0. The third kappa shape index (κ3) is 3.88. The first-order valence-corrected chi connectivity index (χ1v) is 8.89. The number of urea groups is 1. The number of hydrogen-bond acceptors (Lipinski definition) is 3. The largest absolute Gasteiger partial charge is 0.355 e. The van der Waals surface area contributed by atoms with E-state index < -0.39 is 6.03 Å². The molecule has 0 aromatic heterocycles. The Bertz CT molecular complexity index is 1090. The highest BCUT2D eigenvalue weighted by atomic mass is 16.2. The lowest BCUT2D eigenvalue weighted by Gasteiger charge is -2.02. The molecule has 28 heavy (non-hydrogen) atoms. The fourth-order valence-corrected chi connectivity index (χ4v) is 3.07. The Kier molecular flexibility index (Phi) is 5.06. The predicted molar refractivity (Wildman–Crippen MR) is 115 cm³/mol. The summed E-state index contributed by atoms with van der Waals surface area (Å²) in [7, 11) is 0. The van der Waals surface area contributed by atoms with E-state index in [1.54, 1.807) is 12.4 Å². The fourth-order valence-electron chi connectivity index (χ4n) is 3.07. The molecule has 5 nitrogen and oxygen atoms in total. The van der Waals surface area contributed by atoms with Crippen molar-refractivity contribution in [1.29, 1.82) is 0 Å². The van der Waals surface area contributed by atoms with Crippen LogP contribution in [0.1, 0.15) is 11.1 Å². The van der Waals surface area contributed by atoms with E-state index in [1.165, 1.54) is 0 Å². The molecule has 4 aromatic carbocycles. The van der Waals surface area contributed by atoms with Gasteiger partial charge in [0.05, 0.1) is 12.4 Å². The highest BCUT2D eigenvalue weighted by Crippen LogP contribution is 2.17. The quantitative estimate of drug-likeness (QED) is 0.400. The van der Waals surface area contributed by atoms with Crippen LogP contribution in [0.3, 0.4) is 0 Å². The Morgan fingerprint density at radius 2 is 1.04 bits per heavy atom. The van der Waals surface area contributed by atoms with Crippen LogP contribution in [0.15, 0.2) is 95.1 Å². The van der Waals surface area contributed by atoms with Crippen molar-refractivity contribution < 1.29 is 4.79 Å². The van der Waals surface area contributed by atoms with Gasteiger partial charge in [-0.2, -0.15) is 10.2 Å². The summed E-state index contributed by atoms with van der Waals surface area (Å²) < 4.78 is 0. The molecule has 0 atom stereocenters. The lowest BCUT2D eigenvalue weighted by Crippen LogP contribution is -2.28. The predicted octanol–water partition coefficient (Wildman–Crippen LogP) is 4.66. The molecule has 0 radical (unpaired) electrons. The van der Waals surface area contributed by atoms with Gasteiger partial charge in [-0.15, -0.1) is 0 Å². The molecule has 4 aromatic rings. The normalized spacial score (nSPS) is 11.4. The zero-order valence-corrected chi connectivity index (χ0v) is 15.0. The lowest BCUT2D eigenvalue weighted by atomic mass is 10.1. The molecule has 2 amide bonds. The third-order valence-corrected chi connectivity index (χ3v) is 4.39. The standard InChI is InChI=1S/C23H18N4O/c28-23(26-24-15-19-11-5-9-17-7-1-3-13-21(17)19)27-25-16-20-12-6-10-18-8-2-4-14-22(18)20/h1-16H,(H2,26,27,28). The van der Waals surface area contributed by atoms with Gasteiger partial charge in [0.25, 0.3) is 0 Å². The molecule has 0 aliphatic rings. The molecule has 0 spiro atoms. The van der Waals surface area contributed by atoms with Gasteiger partial charge in [0.2, 0.25) is 0 Å². The van der Waals surface area contributed by atoms with Crippen LogP contribution in [0.4, 0.5) is 4.79 Å². The molecule has 0 unspecified atom stereocenters. The molecular weight excluding hydrogens is 348 g/mol. The number of benzene rings is 4. The van der Waals surface area contributed by atoms with Gasteiger partial charge in [-0.1, -0.05) is 84.9 Å². The van der Waals surface area contributed by atoms with Crippen molar-refractivity contribution in [2.75, 3.05) is 0 Å². The molecule has 0 heterocycles. The first-order chi connectivity index (χ1) is 13.8. The number of nitrogens with zero attached hydrogens (tertiary/aromatic N) is 2. The number of carbonyl (C=O) groups is 1. The topological polar surface area (TPSA) is 65.8 Å². The second kappa shape index (κ2) is 8.14. The zero-order valence-electron chi connectivity index (χ0n) is 15.0. The van der Waals surface area contributed by atoms with Crippen LogP contribution in [0, 0.1) is 0 Å². The summed E-state index contributed by atoms with van der Waals surface area (Å²) >= 11 is 0. The van der Waals surface area contributed by atoms with Gasteiger partial charge >= 0.3 is 6.03 Å². The lowest BCUT2D eigenvalue weighted by molar-refractivity contribution is 0.242. The van der Waals surface area contributed by atoms with E-state index in [2.05, 4.69) is 21.1 Å². The summed E-state index contributed by atoms with van der Waals surface area (Å²) in [5.74, 6) is 0. The minimum absolute atomic E-state index is 0.507. The first-order valence-electron chi connectivity index (χ1n) is 8.89. The summed E-state index contributed by atoms with van der Waals surface area (Å²) in [6.45, 7) is 0. The summed E-state index contributed by atoms with van der Waals surface area (Å²) in [5.41, 5.74) is 6.71. The van der Waals surface area contributed by atoms with Crippen molar-refractivity contribution in [3.8, 4) is 0 Å². The molecule has 0 aliphatic carbocycles. The number of hydrogen-bond donors (Lipinski definition) is 2. The molecule has 136 valence electrons. The number of amides is 2. The van der Waals surface area contributed by atoms with Crippen LogP contribution in [-0.2, 0) is 0 Å². The van der Waals surface area contributed by atoms with Crippen molar-refractivity contribution in [2.24, 2.45) is 10.2 Å². The molecule has 0 saturated carbocycles. The monoisotopic (exact) mass is 366 g/mol. The average Bonchev–Trinajstić information content (AvgIpc) is 2.74. The maximum absolute atomic E-state index is 11.9. The Morgan fingerprint density at radius 1 is 0.607 bits per heavy atom. The minimum atomic E-state index is -0.507. The maximum Gasteiger partial charge on any atom is 0.355 e. The maximum atomic E-state index is 11.9. The number of carbonyl (C=O) groups excluding carboxylic acids is 1. The molecule has 4 rings (SSSR count). The van der Waals surface area contributed by atoms with E-state index >= 15 is 0 Å². The Labute approximate surface area is 162 Å². The summed E-state index contributed by atoms with van der Waals surface area (Å²) in [4.78, 5) is 11.9. The van der Waals surface area contributed by atoms with E-state index in [-0.39, 0.29) is 0 Å². The van der Waals surface area contributed by atoms with Crippen molar-refractivity contribution in [2.45, 2.75) is 0 Å². The van der Waals surface area contributed by atoms with Gasteiger partial charge in [0.15, 0.2) is 0 Å². The molecular formula is C23H18N4O. The van der Waals surface area contributed by atoms with Crippen LogP contribution in [0.25, 0.3) is 21.5 Å². The molecule has 0 bridgehead atoms. The van der Waals surface area contributed by atoms with E-state index in [4.69, 9.17) is 0 Å². The van der Waals surface area contributed by atoms with Crippen LogP contribution in [0.2, 0.25) is 0 Å². The number of hydrazone groups is 2. The SMILES string of the molecule is O=C(NN=Cc1cccc2ccccc12)NN=Cc1cccc2ccccc12. The van der Waals surface area contributed by atoms with E-state index in [0.717, 1.165) is 32.7 Å². The van der Waals surface area contributed by atoms with Gasteiger partial charge in [0.1, 0.15) is 0 Å². The van der Waals surface area contributed by atoms with E-state index in [1.807, 2.05) is 84.9 Å². The van der Waals surface area contributed by atoms with Crippen LogP contribution < -0.4 is 10.9 Å². The van der Waals surface area contributed by atoms with E-state index in [0.29, 0.717) is 0 Å². The summed E-state index contributed by atoms with van der Waals surface area (Å²) in [6.07, 6.45) is 3.24. The molecule has 5 heteroatoms. The molecule has 2 N–H and O–H groups in total. The van der Waals surface area contributed by atoms with Crippen molar-refractivity contribution in [3.63, 3.8) is 0 Å². The van der Waals surface area contributed by atoms with Crippen LogP contribution in [0.5, 0.6) is 0 Å². The average molecular weight is 366 g/mol. The first kappa shape index (κ1) is 17.4. The van der Waals surface area contributed by atoms with Crippen molar-refractivity contribution in [3.05, 3.63) is 96.1 Å². The molecule has 0 saturated heterocycles. The highest BCUT2D eigenvalue weighted by Gasteiger charge is 1.99. The minimum Gasteiger partial charge on any atom is -0.245 e. The zero-order chi connectivity index (χ0) is 19.2. The molecule has 0 fully saturated rings. The number of nitrogens with one attached hydrogen (secondary N) is 2. The van der Waals surface area contributed by atoms with Gasteiger partial charge in [-0.25, -0.2) is 15.6 Å². The van der Waals surface area contributed by atoms with Gasteiger partial charge in [-0.05, 0) is 21.5 Å². The summed E-state index contributed by atoms with van der Waals surface area (Å²) in [6, 6.07) is 27.4. The highest BCUT2D eigenvalue weighted by molar-refractivity contribution is 6.01. The van der Waals surface area contributed by atoms with Gasteiger partial charge in [0, 0.05) is 11.1 Å². The van der Waals surface area contributed by atoms with Gasteiger partial charge < -0.3 is 0 Å². The third-order valence-electron chi connectivity index (χ3n) is 4.39. The number of fused-ring (bicyclic) bond motifs is 2. The van der Waals surface area contributed by atoms with E-state index in [9.17, 15) is 4.79 Å².